The Bertz CT molecular complexity index is 1160. The Kier molecular flexibility index (Phi) is 7.97. The van der Waals surface area contributed by atoms with E-state index in [0.717, 1.165) is 7.14 Å². The van der Waals surface area contributed by atoms with Crippen molar-refractivity contribution in [2.75, 3.05) is 5.32 Å². The number of halogens is 2. The first kappa shape index (κ1) is 23.1. The molecular weight excluding hydrogens is 618 g/mol. The van der Waals surface area contributed by atoms with Crippen molar-refractivity contribution in [2.24, 2.45) is 4.99 Å². The highest BCUT2D eigenvalue weighted by Crippen LogP contribution is 2.26. The van der Waals surface area contributed by atoms with E-state index in [4.69, 9.17) is 0 Å². The Balaban J connectivity index is 1.60. The molecule has 0 atom stereocenters. The van der Waals surface area contributed by atoms with Crippen LogP contribution in [0, 0.1) is 7.14 Å². The summed E-state index contributed by atoms with van der Waals surface area (Å²) >= 11 is 4.22. The maximum atomic E-state index is 12.5. The van der Waals surface area contributed by atoms with Crippen LogP contribution in [0.15, 0.2) is 84.0 Å². The number of anilines is 1. The number of Topliss-reactive ketones (excluding diaryl/α,β-unsaturated/α-hetero) is 1. The van der Waals surface area contributed by atoms with E-state index >= 15 is 0 Å². The minimum Gasteiger partial charge on any atom is -0.506 e. The third-order valence-corrected chi connectivity index (χ3v) is 5.75. The van der Waals surface area contributed by atoms with Crippen LogP contribution in [0.2, 0.25) is 0 Å². The number of rotatable bonds is 7. The van der Waals surface area contributed by atoms with Gasteiger partial charge in [-0.1, -0.05) is 24.8 Å². The van der Waals surface area contributed by atoms with E-state index < -0.39 is 0 Å². The quantitative estimate of drug-likeness (QED) is 0.188. The molecule has 3 aromatic rings. The van der Waals surface area contributed by atoms with Crippen molar-refractivity contribution in [3.63, 3.8) is 0 Å². The molecule has 5 nitrogen and oxygen atoms in total. The van der Waals surface area contributed by atoms with Gasteiger partial charge in [0.1, 0.15) is 5.75 Å². The predicted octanol–water partition coefficient (Wildman–Crippen LogP) is 6.06. The number of amides is 1. The van der Waals surface area contributed by atoms with E-state index in [1.165, 1.54) is 6.21 Å². The lowest BCUT2D eigenvalue weighted by molar-refractivity contribution is 0.0991. The average Bonchev–Trinajstić information content (AvgIpc) is 2.76. The number of benzene rings is 3. The lowest BCUT2D eigenvalue weighted by atomic mass is 10.1. The number of nitrogens with one attached hydrogen (secondary N) is 1. The van der Waals surface area contributed by atoms with E-state index in [1.807, 2.05) is 12.1 Å². The third kappa shape index (κ3) is 6.47. The molecule has 0 saturated heterocycles. The van der Waals surface area contributed by atoms with Crippen LogP contribution >= 0.6 is 45.2 Å². The van der Waals surface area contributed by atoms with E-state index in [-0.39, 0.29) is 23.9 Å². The maximum Gasteiger partial charge on any atom is 0.255 e. The van der Waals surface area contributed by atoms with Gasteiger partial charge in [-0.3, -0.25) is 14.6 Å². The second-order valence-corrected chi connectivity index (χ2v) is 9.06. The Morgan fingerprint density at radius 1 is 1.00 bits per heavy atom. The molecule has 0 aliphatic heterocycles. The zero-order valence-corrected chi connectivity index (χ0v) is 20.6. The van der Waals surface area contributed by atoms with Gasteiger partial charge in [0.05, 0.1) is 9.99 Å². The Morgan fingerprint density at radius 3 is 2.35 bits per heavy atom. The van der Waals surface area contributed by atoms with Gasteiger partial charge in [0.2, 0.25) is 0 Å². The molecule has 1 amide bonds. The number of ketones is 1. The van der Waals surface area contributed by atoms with Crippen molar-refractivity contribution in [3.05, 3.63) is 103 Å². The SMILES string of the molecule is C=C(CC(=O)c1ccc(NC(=O)c2ccccc2)cc1)N=Cc1cc(I)cc(I)c1O. The second kappa shape index (κ2) is 10.7. The number of hydrogen-bond donors (Lipinski definition) is 2. The number of carbonyl (C=O) groups is 2. The number of carbonyl (C=O) groups excluding carboxylic acids is 2. The van der Waals surface area contributed by atoms with Crippen LogP contribution < -0.4 is 5.32 Å². The maximum absolute atomic E-state index is 12.5. The van der Waals surface area contributed by atoms with Gasteiger partial charge in [-0.25, -0.2) is 0 Å². The molecule has 0 spiro atoms. The number of aliphatic imine (C=N–C) groups is 1. The molecule has 0 fully saturated rings. The van der Waals surface area contributed by atoms with Gasteiger partial charge in [-0.05, 0) is 93.7 Å². The van der Waals surface area contributed by atoms with Crippen molar-refractivity contribution >= 4 is 68.8 Å². The zero-order chi connectivity index (χ0) is 22.4. The number of allylic oxidation sites excluding steroid dienone is 1. The van der Waals surface area contributed by atoms with Crippen molar-refractivity contribution in [2.45, 2.75) is 6.42 Å². The predicted molar refractivity (Wildman–Crippen MR) is 140 cm³/mol. The number of aromatic hydroxyl groups is 1. The molecule has 0 aromatic heterocycles. The van der Waals surface area contributed by atoms with Gasteiger partial charge in [0.25, 0.3) is 5.91 Å². The van der Waals surface area contributed by atoms with Crippen molar-refractivity contribution in [1.29, 1.82) is 0 Å². The van der Waals surface area contributed by atoms with Crippen LogP contribution in [0.3, 0.4) is 0 Å². The van der Waals surface area contributed by atoms with Crippen molar-refractivity contribution in [1.82, 2.24) is 0 Å². The lowest BCUT2D eigenvalue weighted by Gasteiger charge is -2.07. The van der Waals surface area contributed by atoms with Crippen molar-refractivity contribution in [3.8, 4) is 5.75 Å². The monoisotopic (exact) mass is 636 g/mol. The number of phenols is 1. The minimum atomic E-state index is -0.212. The van der Waals surface area contributed by atoms with Gasteiger partial charge in [0.15, 0.2) is 5.78 Å². The van der Waals surface area contributed by atoms with Gasteiger partial charge in [-0.2, -0.15) is 0 Å². The Hall–Kier alpha value is -2.53. The summed E-state index contributed by atoms with van der Waals surface area (Å²) in [7, 11) is 0. The molecule has 3 rings (SSSR count). The van der Waals surface area contributed by atoms with Crippen LogP contribution in [0.5, 0.6) is 5.75 Å². The van der Waals surface area contributed by atoms with Gasteiger partial charge in [-0.15, -0.1) is 0 Å². The molecule has 0 radical (unpaired) electrons. The van der Waals surface area contributed by atoms with Crippen LogP contribution in [0.4, 0.5) is 5.69 Å². The Morgan fingerprint density at radius 2 is 1.68 bits per heavy atom. The molecule has 31 heavy (non-hydrogen) atoms. The van der Waals surface area contributed by atoms with Crippen molar-refractivity contribution < 1.29 is 14.7 Å². The fraction of sp³-hybridized carbons (Fsp3) is 0.0417. The summed E-state index contributed by atoms with van der Waals surface area (Å²) in [6, 6.07) is 19.3. The first-order chi connectivity index (χ1) is 14.8. The van der Waals surface area contributed by atoms with E-state index in [1.54, 1.807) is 54.6 Å². The van der Waals surface area contributed by atoms with Crippen LogP contribution in [0.25, 0.3) is 0 Å². The van der Waals surface area contributed by atoms with Crippen LogP contribution in [-0.4, -0.2) is 23.0 Å². The summed E-state index contributed by atoms with van der Waals surface area (Å²) in [6.07, 6.45) is 1.56. The first-order valence-corrected chi connectivity index (χ1v) is 11.4. The van der Waals surface area contributed by atoms with Crippen LogP contribution in [-0.2, 0) is 0 Å². The van der Waals surface area contributed by atoms with Gasteiger partial charge < -0.3 is 10.4 Å². The molecule has 3 aromatic carbocycles. The smallest absolute Gasteiger partial charge is 0.255 e. The molecule has 7 heteroatoms. The first-order valence-electron chi connectivity index (χ1n) is 9.23. The highest BCUT2D eigenvalue weighted by atomic mass is 127. The van der Waals surface area contributed by atoms with Crippen LogP contribution in [0.1, 0.15) is 32.7 Å². The van der Waals surface area contributed by atoms with Gasteiger partial charge >= 0.3 is 0 Å². The lowest BCUT2D eigenvalue weighted by Crippen LogP contribution is -2.11. The molecule has 156 valence electrons. The summed E-state index contributed by atoms with van der Waals surface area (Å²) in [5, 5.41) is 12.9. The number of phenolic OH excluding ortho intramolecular Hbond substituents is 1. The molecule has 0 heterocycles. The topological polar surface area (TPSA) is 78.8 Å². The zero-order valence-electron chi connectivity index (χ0n) is 16.3. The molecule has 0 saturated carbocycles. The van der Waals surface area contributed by atoms with Gasteiger partial charge in [0, 0.05) is 37.9 Å². The van der Waals surface area contributed by atoms with E-state index in [2.05, 4.69) is 62.1 Å². The fourth-order valence-corrected chi connectivity index (χ4v) is 4.60. The summed E-state index contributed by atoms with van der Waals surface area (Å²) in [5.74, 6) is -0.197. The highest BCUT2D eigenvalue weighted by Gasteiger charge is 2.10. The Labute approximate surface area is 207 Å². The molecular formula is C24H18I2N2O3. The number of nitrogens with zero attached hydrogens (tertiary/aromatic N) is 1. The average molecular weight is 636 g/mol. The summed E-state index contributed by atoms with van der Waals surface area (Å²) in [6.45, 7) is 3.84. The number of hydrogen-bond acceptors (Lipinski definition) is 4. The molecule has 0 bridgehead atoms. The largest absolute Gasteiger partial charge is 0.506 e. The van der Waals surface area contributed by atoms with E-state index in [0.29, 0.717) is 28.1 Å². The molecule has 0 aliphatic rings. The summed E-state index contributed by atoms with van der Waals surface area (Å²) in [4.78, 5) is 29.0. The second-order valence-electron chi connectivity index (χ2n) is 6.65. The molecule has 2 N–H and O–H groups in total. The highest BCUT2D eigenvalue weighted by molar-refractivity contribution is 14.1. The third-order valence-electron chi connectivity index (χ3n) is 4.31. The summed E-state index contributed by atoms with van der Waals surface area (Å²) < 4.78 is 1.70. The fourth-order valence-electron chi connectivity index (χ4n) is 2.71. The molecule has 0 aliphatic carbocycles. The standard InChI is InChI=1S/C24H18I2N2O3/c1-15(27-14-18-12-19(25)13-21(26)23(18)30)11-22(29)16-7-9-20(10-8-16)28-24(31)17-5-3-2-4-6-17/h2-10,12-14,30H,1,11H2,(H,28,31). The summed E-state index contributed by atoms with van der Waals surface area (Å²) in [5.41, 5.74) is 2.63. The minimum absolute atomic E-state index is 0.0496. The normalized spacial score (nSPS) is 10.8. The van der Waals surface area contributed by atoms with E-state index in [9.17, 15) is 14.7 Å². The molecule has 0 unspecified atom stereocenters.